The fourth-order valence-electron chi connectivity index (χ4n) is 1.48. The number of nitrogens with zero attached hydrogens (tertiary/aromatic N) is 1. The standard InChI is InChI=1S/C14H15N3O/c1-11-7-8-13(15-9-11)14(18)17-10-16-12-5-3-2-4-6-12/h2-9,16H,10H2,1H3,(H,17,18). The van der Waals surface area contributed by atoms with E-state index in [1.165, 1.54) is 0 Å². The van der Waals surface area contributed by atoms with E-state index in [0.717, 1.165) is 11.3 Å². The molecule has 1 aromatic heterocycles. The Morgan fingerprint density at radius 2 is 1.94 bits per heavy atom. The van der Waals surface area contributed by atoms with Crippen molar-refractivity contribution in [1.29, 1.82) is 0 Å². The Bertz CT molecular complexity index is 508. The molecule has 4 nitrogen and oxygen atoms in total. The predicted molar refractivity (Wildman–Crippen MR) is 71.4 cm³/mol. The highest BCUT2D eigenvalue weighted by Gasteiger charge is 2.04. The molecule has 0 saturated heterocycles. The molecule has 0 spiro atoms. The second-order valence-corrected chi connectivity index (χ2v) is 3.95. The van der Waals surface area contributed by atoms with Crippen LogP contribution in [0.25, 0.3) is 0 Å². The molecule has 0 saturated carbocycles. The third kappa shape index (κ3) is 3.31. The average molecular weight is 241 g/mol. The number of anilines is 1. The molecule has 0 unspecified atom stereocenters. The van der Waals surface area contributed by atoms with Crippen molar-refractivity contribution >= 4 is 11.6 Å². The van der Waals surface area contributed by atoms with Gasteiger partial charge < -0.3 is 10.6 Å². The molecule has 92 valence electrons. The van der Waals surface area contributed by atoms with Crippen LogP contribution in [0.15, 0.2) is 48.7 Å². The zero-order valence-electron chi connectivity index (χ0n) is 10.2. The largest absolute Gasteiger partial charge is 0.368 e. The number of carbonyl (C=O) groups is 1. The highest BCUT2D eigenvalue weighted by molar-refractivity contribution is 5.92. The molecule has 4 heteroatoms. The Morgan fingerprint density at radius 1 is 1.17 bits per heavy atom. The number of hydrogen-bond acceptors (Lipinski definition) is 3. The topological polar surface area (TPSA) is 54.0 Å². The van der Waals surface area contributed by atoms with Gasteiger partial charge in [0, 0.05) is 11.9 Å². The average Bonchev–Trinajstić information content (AvgIpc) is 2.40. The molecule has 0 aliphatic heterocycles. The molecule has 1 heterocycles. The highest BCUT2D eigenvalue weighted by atomic mass is 16.1. The molecule has 0 aliphatic carbocycles. The summed E-state index contributed by atoms with van der Waals surface area (Å²) in [6.07, 6.45) is 1.68. The third-order valence-corrected chi connectivity index (χ3v) is 2.46. The number of pyridine rings is 1. The molecule has 0 radical (unpaired) electrons. The van der Waals surface area contributed by atoms with Gasteiger partial charge in [0.25, 0.3) is 5.91 Å². The van der Waals surface area contributed by atoms with Crippen molar-refractivity contribution < 1.29 is 4.79 Å². The van der Waals surface area contributed by atoms with Crippen molar-refractivity contribution in [2.45, 2.75) is 6.92 Å². The number of rotatable bonds is 4. The van der Waals surface area contributed by atoms with E-state index in [0.29, 0.717) is 12.4 Å². The van der Waals surface area contributed by atoms with Gasteiger partial charge in [-0.1, -0.05) is 24.3 Å². The van der Waals surface area contributed by atoms with E-state index in [4.69, 9.17) is 0 Å². The van der Waals surface area contributed by atoms with Gasteiger partial charge in [0.2, 0.25) is 0 Å². The van der Waals surface area contributed by atoms with E-state index in [2.05, 4.69) is 15.6 Å². The maximum Gasteiger partial charge on any atom is 0.271 e. The van der Waals surface area contributed by atoms with Gasteiger partial charge in [0.05, 0.1) is 6.67 Å². The fraction of sp³-hybridized carbons (Fsp3) is 0.143. The number of para-hydroxylation sites is 1. The van der Waals surface area contributed by atoms with Crippen LogP contribution in [-0.2, 0) is 0 Å². The van der Waals surface area contributed by atoms with Crippen LogP contribution in [0.3, 0.4) is 0 Å². The first-order valence-electron chi connectivity index (χ1n) is 5.75. The highest BCUT2D eigenvalue weighted by Crippen LogP contribution is 2.03. The van der Waals surface area contributed by atoms with E-state index in [1.54, 1.807) is 12.3 Å². The van der Waals surface area contributed by atoms with E-state index in [9.17, 15) is 4.79 Å². The minimum absolute atomic E-state index is 0.182. The SMILES string of the molecule is Cc1ccc(C(=O)NCNc2ccccc2)nc1. The number of aryl methyl sites for hydroxylation is 1. The van der Waals surface area contributed by atoms with Gasteiger partial charge >= 0.3 is 0 Å². The van der Waals surface area contributed by atoms with E-state index in [-0.39, 0.29) is 5.91 Å². The van der Waals surface area contributed by atoms with Gasteiger partial charge in [-0.05, 0) is 30.7 Å². The summed E-state index contributed by atoms with van der Waals surface area (Å²) >= 11 is 0. The Balaban J connectivity index is 1.84. The van der Waals surface area contributed by atoms with E-state index in [1.807, 2.05) is 43.3 Å². The summed E-state index contributed by atoms with van der Waals surface area (Å²) in [5.74, 6) is -0.182. The molecule has 0 fully saturated rings. The van der Waals surface area contributed by atoms with Crippen molar-refractivity contribution in [2.75, 3.05) is 12.0 Å². The minimum Gasteiger partial charge on any atom is -0.368 e. The summed E-state index contributed by atoms with van der Waals surface area (Å²) in [4.78, 5) is 15.8. The van der Waals surface area contributed by atoms with Gasteiger partial charge in [-0.15, -0.1) is 0 Å². The summed E-state index contributed by atoms with van der Waals surface area (Å²) in [7, 11) is 0. The van der Waals surface area contributed by atoms with Crippen LogP contribution >= 0.6 is 0 Å². The number of amides is 1. The fourth-order valence-corrected chi connectivity index (χ4v) is 1.48. The summed E-state index contributed by atoms with van der Waals surface area (Å²) in [6, 6.07) is 13.3. The Kier molecular flexibility index (Phi) is 3.91. The van der Waals surface area contributed by atoms with E-state index >= 15 is 0 Å². The van der Waals surface area contributed by atoms with Gasteiger partial charge in [0.15, 0.2) is 0 Å². The second kappa shape index (κ2) is 5.82. The Hall–Kier alpha value is -2.36. The molecule has 1 amide bonds. The maximum atomic E-state index is 11.7. The van der Waals surface area contributed by atoms with Crippen LogP contribution in [-0.4, -0.2) is 17.6 Å². The second-order valence-electron chi connectivity index (χ2n) is 3.95. The van der Waals surface area contributed by atoms with Gasteiger partial charge in [0.1, 0.15) is 5.69 Å². The summed E-state index contributed by atoms with van der Waals surface area (Å²) < 4.78 is 0. The Morgan fingerprint density at radius 3 is 2.61 bits per heavy atom. The summed E-state index contributed by atoms with van der Waals surface area (Å²) in [5.41, 5.74) is 2.43. The first-order chi connectivity index (χ1) is 8.75. The molecule has 18 heavy (non-hydrogen) atoms. The quantitative estimate of drug-likeness (QED) is 0.807. The van der Waals surface area contributed by atoms with Crippen molar-refractivity contribution in [3.63, 3.8) is 0 Å². The molecule has 0 aliphatic rings. The smallest absolute Gasteiger partial charge is 0.271 e. The van der Waals surface area contributed by atoms with Gasteiger partial charge in [-0.2, -0.15) is 0 Å². The van der Waals surface area contributed by atoms with Crippen LogP contribution < -0.4 is 10.6 Å². The molecular weight excluding hydrogens is 226 g/mol. The molecule has 2 aromatic rings. The Labute approximate surface area is 106 Å². The maximum absolute atomic E-state index is 11.7. The lowest BCUT2D eigenvalue weighted by atomic mass is 10.2. The number of benzene rings is 1. The van der Waals surface area contributed by atoms with Gasteiger partial charge in [-0.25, -0.2) is 0 Å². The summed E-state index contributed by atoms with van der Waals surface area (Å²) in [5, 5.41) is 5.85. The minimum atomic E-state index is -0.182. The van der Waals surface area contributed by atoms with Crippen molar-refractivity contribution in [1.82, 2.24) is 10.3 Å². The van der Waals surface area contributed by atoms with Crippen molar-refractivity contribution in [2.24, 2.45) is 0 Å². The third-order valence-electron chi connectivity index (χ3n) is 2.46. The molecule has 2 rings (SSSR count). The monoisotopic (exact) mass is 241 g/mol. The van der Waals surface area contributed by atoms with E-state index < -0.39 is 0 Å². The van der Waals surface area contributed by atoms with Crippen molar-refractivity contribution in [3.05, 3.63) is 59.9 Å². The first kappa shape index (κ1) is 12.1. The van der Waals surface area contributed by atoms with Gasteiger partial charge in [-0.3, -0.25) is 9.78 Å². The number of carbonyl (C=O) groups excluding carboxylic acids is 1. The number of aromatic nitrogens is 1. The first-order valence-corrected chi connectivity index (χ1v) is 5.75. The zero-order valence-corrected chi connectivity index (χ0v) is 10.2. The number of nitrogens with one attached hydrogen (secondary N) is 2. The lowest BCUT2D eigenvalue weighted by Gasteiger charge is -2.07. The lowest BCUT2D eigenvalue weighted by molar-refractivity contribution is 0.0951. The summed E-state index contributed by atoms with van der Waals surface area (Å²) in [6.45, 7) is 2.31. The van der Waals surface area contributed by atoms with Crippen LogP contribution in [0, 0.1) is 6.92 Å². The van der Waals surface area contributed by atoms with Crippen LogP contribution in [0.2, 0.25) is 0 Å². The zero-order chi connectivity index (χ0) is 12.8. The molecular formula is C14H15N3O. The molecule has 0 bridgehead atoms. The lowest BCUT2D eigenvalue weighted by Crippen LogP contribution is -2.29. The normalized spacial score (nSPS) is 9.83. The molecule has 0 atom stereocenters. The molecule has 1 aromatic carbocycles. The van der Waals surface area contributed by atoms with Crippen LogP contribution in [0.4, 0.5) is 5.69 Å². The predicted octanol–water partition coefficient (Wildman–Crippen LogP) is 2.19. The van der Waals surface area contributed by atoms with Crippen molar-refractivity contribution in [3.8, 4) is 0 Å². The van der Waals surface area contributed by atoms with Crippen LogP contribution in [0.1, 0.15) is 16.1 Å². The van der Waals surface area contributed by atoms with Crippen LogP contribution in [0.5, 0.6) is 0 Å². The number of hydrogen-bond donors (Lipinski definition) is 2. The molecule has 2 N–H and O–H groups in total.